The average Bonchev–Trinajstić information content (AvgIpc) is 2.80. The molecule has 4 nitrogen and oxygen atoms in total. The molecule has 4 rings (SSSR count). The lowest BCUT2D eigenvalue weighted by molar-refractivity contribution is -0.173. The van der Waals surface area contributed by atoms with Crippen molar-refractivity contribution in [2.75, 3.05) is 0 Å². The minimum Gasteiger partial charge on any atom is -0.458 e. The third kappa shape index (κ3) is 1.58. The van der Waals surface area contributed by atoms with E-state index in [1.807, 2.05) is 20.8 Å². The summed E-state index contributed by atoms with van der Waals surface area (Å²) in [5, 5.41) is 0. The fourth-order valence-electron chi connectivity index (χ4n) is 5.76. The Morgan fingerprint density at radius 1 is 1.09 bits per heavy atom. The molecular formula is C18H26O4. The van der Waals surface area contributed by atoms with Crippen LogP contribution in [0.5, 0.6) is 0 Å². The Morgan fingerprint density at radius 3 is 2.45 bits per heavy atom. The predicted molar refractivity (Wildman–Crippen MR) is 81.0 cm³/mol. The summed E-state index contributed by atoms with van der Waals surface area (Å²) in [6, 6.07) is 0. The van der Waals surface area contributed by atoms with Crippen LogP contribution in [0.3, 0.4) is 0 Å². The summed E-state index contributed by atoms with van der Waals surface area (Å²) in [5.41, 5.74) is 1.71. The lowest BCUT2D eigenvalue weighted by atomic mass is 9.49. The van der Waals surface area contributed by atoms with E-state index in [1.54, 1.807) is 0 Å². The van der Waals surface area contributed by atoms with Gasteiger partial charge in [0.25, 0.3) is 0 Å². The van der Waals surface area contributed by atoms with Crippen molar-refractivity contribution in [3.05, 3.63) is 11.1 Å². The zero-order valence-electron chi connectivity index (χ0n) is 14.4. The first-order valence-electron chi connectivity index (χ1n) is 8.36. The highest BCUT2D eigenvalue weighted by Gasteiger charge is 2.69. The van der Waals surface area contributed by atoms with E-state index in [-0.39, 0.29) is 41.0 Å². The van der Waals surface area contributed by atoms with Gasteiger partial charge in [-0.2, -0.15) is 0 Å². The van der Waals surface area contributed by atoms with Gasteiger partial charge in [0.1, 0.15) is 12.2 Å². The van der Waals surface area contributed by atoms with Crippen molar-refractivity contribution in [3.63, 3.8) is 0 Å². The van der Waals surface area contributed by atoms with Crippen LogP contribution in [0.2, 0.25) is 0 Å². The second-order valence-electron chi connectivity index (χ2n) is 8.76. The number of rotatable bonds is 0. The lowest BCUT2D eigenvalue weighted by Crippen LogP contribution is -2.58. The maximum atomic E-state index is 12.6. The Hall–Kier alpha value is -0.870. The molecular weight excluding hydrogens is 280 g/mol. The van der Waals surface area contributed by atoms with E-state index in [2.05, 4.69) is 20.8 Å². The molecule has 0 aromatic carbocycles. The quantitative estimate of drug-likeness (QED) is 0.645. The third-order valence-corrected chi connectivity index (χ3v) is 6.48. The van der Waals surface area contributed by atoms with Gasteiger partial charge in [0, 0.05) is 16.9 Å². The van der Waals surface area contributed by atoms with Crippen molar-refractivity contribution in [3.8, 4) is 0 Å². The number of carbonyl (C=O) groups is 1. The molecule has 1 saturated carbocycles. The summed E-state index contributed by atoms with van der Waals surface area (Å²) in [6.07, 6.45) is 1.83. The minimum atomic E-state index is -0.598. The minimum absolute atomic E-state index is 0.00366. The van der Waals surface area contributed by atoms with E-state index < -0.39 is 5.79 Å². The molecule has 0 amide bonds. The molecule has 2 aliphatic heterocycles. The van der Waals surface area contributed by atoms with Crippen LogP contribution in [0, 0.1) is 16.7 Å². The van der Waals surface area contributed by atoms with Crippen molar-refractivity contribution in [2.45, 2.75) is 78.5 Å². The first-order valence-corrected chi connectivity index (χ1v) is 8.36. The molecule has 2 heterocycles. The van der Waals surface area contributed by atoms with Crippen molar-refractivity contribution in [2.24, 2.45) is 16.7 Å². The Morgan fingerprint density at radius 2 is 1.77 bits per heavy atom. The summed E-state index contributed by atoms with van der Waals surface area (Å²) < 4.78 is 18.2. The number of esters is 1. The van der Waals surface area contributed by atoms with Crippen LogP contribution >= 0.6 is 0 Å². The molecule has 0 aromatic rings. The number of hydrogen-bond acceptors (Lipinski definition) is 4. The van der Waals surface area contributed by atoms with E-state index >= 15 is 0 Å². The first kappa shape index (κ1) is 14.7. The molecule has 4 aliphatic rings. The number of carbonyl (C=O) groups excluding carboxylic acids is 1. The lowest BCUT2D eigenvalue weighted by Gasteiger charge is -2.55. The van der Waals surface area contributed by atoms with Crippen LogP contribution in [-0.2, 0) is 19.0 Å². The van der Waals surface area contributed by atoms with Crippen LogP contribution < -0.4 is 0 Å². The van der Waals surface area contributed by atoms with Gasteiger partial charge < -0.3 is 14.2 Å². The summed E-state index contributed by atoms with van der Waals surface area (Å²) in [4.78, 5) is 12.6. The molecule has 0 aromatic heterocycles. The van der Waals surface area contributed by atoms with Crippen molar-refractivity contribution in [1.82, 2.24) is 0 Å². The van der Waals surface area contributed by atoms with Gasteiger partial charge in [-0.25, -0.2) is 4.79 Å². The zero-order chi connectivity index (χ0) is 16.1. The summed E-state index contributed by atoms with van der Waals surface area (Å²) >= 11 is 0. The van der Waals surface area contributed by atoms with Gasteiger partial charge in [0.2, 0.25) is 0 Å². The molecule has 2 aliphatic carbocycles. The van der Waals surface area contributed by atoms with Crippen LogP contribution in [0.15, 0.2) is 11.1 Å². The van der Waals surface area contributed by atoms with Crippen molar-refractivity contribution < 1.29 is 19.0 Å². The summed E-state index contributed by atoms with van der Waals surface area (Å²) in [6.45, 7) is 12.8. The molecule has 0 radical (unpaired) electrons. The molecule has 0 bridgehead atoms. The highest BCUT2D eigenvalue weighted by molar-refractivity contribution is 5.94. The largest absolute Gasteiger partial charge is 0.458 e. The van der Waals surface area contributed by atoms with Crippen LogP contribution in [0.4, 0.5) is 0 Å². The number of hydrogen-bond donors (Lipinski definition) is 0. The molecule has 0 unspecified atom stereocenters. The Balaban J connectivity index is 1.95. The van der Waals surface area contributed by atoms with Gasteiger partial charge in [-0.3, -0.25) is 0 Å². The van der Waals surface area contributed by atoms with Crippen molar-refractivity contribution >= 4 is 5.97 Å². The Labute approximate surface area is 132 Å². The molecule has 3 fully saturated rings. The molecule has 0 N–H and O–H groups in total. The summed E-state index contributed by atoms with van der Waals surface area (Å²) in [7, 11) is 0. The monoisotopic (exact) mass is 306 g/mol. The molecule has 5 atom stereocenters. The SMILES string of the molecule is CC1=C2C(=O)O[C@@H]3CCC(C)(C)[C@@H]([C@H]4OC(C)(C)O[C@@H]14)[C@]23C. The van der Waals surface area contributed by atoms with Gasteiger partial charge in [-0.15, -0.1) is 0 Å². The standard InChI is InChI=1S/C18H26O4/c1-9-11-15(19)20-10-7-8-16(2,3)14(18(10,11)6)13-12(9)21-17(4,5)22-13/h10,12-14H,7-8H2,1-6H3/t10-,12+,13+,14-,18+/m1/s1. The first-order chi connectivity index (χ1) is 10.1. The highest BCUT2D eigenvalue weighted by atomic mass is 16.8. The second-order valence-corrected chi connectivity index (χ2v) is 8.76. The van der Waals surface area contributed by atoms with Crippen LogP contribution in [0.1, 0.15) is 54.4 Å². The van der Waals surface area contributed by atoms with Crippen molar-refractivity contribution in [1.29, 1.82) is 0 Å². The Bertz CT molecular complexity index is 588. The smallest absolute Gasteiger partial charge is 0.335 e. The van der Waals surface area contributed by atoms with E-state index in [4.69, 9.17) is 14.2 Å². The fourth-order valence-corrected chi connectivity index (χ4v) is 5.76. The maximum Gasteiger partial charge on any atom is 0.335 e. The third-order valence-electron chi connectivity index (χ3n) is 6.48. The topological polar surface area (TPSA) is 44.8 Å². The second kappa shape index (κ2) is 3.96. The number of ether oxygens (including phenoxy) is 3. The van der Waals surface area contributed by atoms with E-state index in [0.717, 1.165) is 24.0 Å². The zero-order valence-corrected chi connectivity index (χ0v) is 14.4. The van der Waals surface area contributed by atoms with E-state index in [0.29, 0.717) is 0 Å². The van der Waals surface area contributed by atoms with Gasteiger partial charge >= 0.3 is 5.97 Å². The average molecular weight is 306 g/mol. The van der Waals surface area contributed by atoms with E-state index in [1.165, 1.54) is 0 Å². The molecule has 2 saturated heterocycles. The van der Waals surface area contributed by atoms with E-state index in [9.17, 15) is 4.79 Å². The molecule has 22 heavy (non-hydrogen) atoms. The van der Waals surface area contributed by atoms with Crippen LogP contribution in [0.25, 0.3) is 0 Å². The molecule has 4 heteroatoms. The Kier molecular flexibility index (Phi) is 2.65. The maximum absolute atomic E-state index is 12.6. The number of fused-ring (bicyclic) bond motifs is 2. The van der Waals surface area contributed by atoms with Gasteiger partial charge in [-0.1, -0.05) is 20.8 Å². The predicted octanol–water partition coefficient (Wildman–Crippen LogP) is 3.20. The van der Waals surface area contributed by atoms with Gasteiger partial charge in [0.15, 0.2) is 5.79 Å². The normalized spacial score (nSPS) is 48.0. The van der Waals surface area contributed by atoms with Gasteiger partial charge in [-0.05, 0) is 44.6 Å². The fraction of sp³-hybridized carbons (Fsp3) is 0.833. The van der Waals surface area contributed by atoms with Crippen LogP contribution in [-0.4, -0.2) is 30.1 Å². The summed E-state index contributed by atoms with van der Waals surface area (Å²) in [5.74, 6) is -0.505. The van der Waals surface area contributed by atoms with Gasteiger partial charge in [0.05, 0.1) is 6.10 Å². The molecule has 0 spiro atoms. The molecule has 122 valence electrons. The highest BCUT2D eigenvalue weighted by Crippen LogP contribution is 2.65.